The molecular weight excluding hydrogens is 272 g/mol. The van der Waals surface area contributed by atoms with Crippen LogP contribution in [-0.4, -0.2) is 15.0 Å². The Morgan fingerprint density at radius 1 is 0.955 bits per heavy atom. The summed E-state index contributed by atoms with van der Waals surface area (Å²) in [6.45, 7) is 0. The number of hydrogen-bond donors (Lipinski definition) is 1. The second-order valence-corrected chi connectivity index (χ2v) is 5.83. The smallest absolute Gasteiger partial charge is 0.113 e. The van der Waals surface area contributed by atoms with Gasteiger partial charge in [0, 0.05) is 11.3 Å². The van der Waals surface area contributed by atoms with Crippen LogP contribution in [0.1, 0.15) is 24.0 Å². The maximum absolute atomic E-state index is 5.83. The molecule has 4 rings (SSSR count). The van der Waals surface area contributed by atoms with Crippen molar-refractivity contribution in [3.8, 4) is 16.9 Å². The van der Waals surface area contributed by atoms with Crippen molar-refractivity contribution >= 4 is 5.69 Å². The fraction of sp³-hybridized carbons (Fsp3) is 0.222. The summed E-state index contributed by atoms with van der Waals surface area (Å²) in [5.41, 5.74) is 12.5. The highest BCUT2D eigenvalue weighted by Crippen LogP contribution is 2.26. The van der Waals surface area contributed by atoms with Crippen molar-refractivity contribution < 1.29 is 0 Å². The second kappa shape index (κ2) is 5.30. The van der Waals surface area contributed by atoms with Crippen LogP contribution in [0.25, 0.3) is 16.9 Å². The minimum atomic E-state index is 0.725. The lowest BCUT2D eigenvalue weighted by molar-refractivity contribution is 0.686. The topological polar surface area (TPSA) is 56.7 Å². The lowest BCUT2D eigenvalue weighted by atomic mass is 9.90. The zero-order valence-corrected chi connectivity index (χ0v) is 12.4. The molecule has 1 heterocycles. The third kappa shape index (κ3) is 2.37. The van der Waals surface area contributed by atoms with Crippen LogP contribution in [0.5, 0.6) is 0 Å². The third-order valence-electron chi connectivity index (χ3n) is 4.27. The Labute approximate surface area is 129 Å². The molecule has 4 heteroatoms. The summed E-state index contributed by atoms with van der Waals surface area (Å²) in [6, 6.07) is 14.3. The first kappa shape index (κ1) is 13.1. The normalized spacial score (nSPS) is 13.8. The summed E-state index contributed by atoms with van der Waals surface area (Å²) in [4.78, 5) is 0. The molecule has 0 radical (unpaired) electrons. The van der Waals surface area contributed by atoms with E-state index in [0.717, 1.165) is 22.6 Å². The van der Waals surface area contributed by atoms with Gasteiger partial charge in [-0.15, -0.1) is 5.10 Å². The highest BCUT2D eigenvalue weighted by Gasteiger charge is 2.12. The third-order valence-corrected chi connectivity index (χ3v) is 4.27. The quantitative estimate of drug-likeness (QED) is 0.736. The Balaban J connectivity index is 1.69. The van der Waals surface area contributed by atoms with Crippen molar-refractivity contribution in [2.24, 2.45) is 0 Å². The summed E-state index contributed by atoms with van der Waals surface area (Å²) in [5.74, 6) is 0. The van der Waals surface area contributed by atoms with Crippen molar-refractivity contribution in [3.63, 3.8) is 0 Å². The molecule has 22 heavy (non-hydrogen) atoms. The molecule has 0 fully saturated rings. The molecule has 1 aliphatic rings. The standard InChI is InChI=1S/C18H18N4/c19-16-6-3-7-17(11-16)22-12-18(20-21-22)15-9-8-13-4-1-2-5-14(13)10-15/h3,6-12H,1-2,4-5,19H2. The minimum absolute atomic E-state index is 0.725. The van der Waals surface area contributed by atoms with Gasteiger partial charge in [-0.05, 0) is 61.1 Å². The highest BCUT2D eigenvalue weighted by atomic mass is 15.4. The summed E-state index contributed by atoms with van der Waals surface area (Å²) in [7, 11) is 0. The first-order valence-corrected chi connectivity index (χ1v) is 7.70. The molecule has 3 aromatic rings. The Bertz CT molecular complexity index is 819. The molecule has 0 amide bonds. The molecule has 0 saturated carbocycles. The van der Waals surface area contributed by atoms with Crippen LogP contribution in [0, 0.1) is 0 Å². The Kier molecular flexibility index (Phi) is 3.15. The van der Waals surface area contributed by atoms with E-state index in [9.17, 15) is 0 Å². The molecule has 0 atom stereocenters. The van der Waals surface area contributed by atoms with E-state index in [4.69, 9.17) is 5.73 Å². The van der Waals surface area contributed by atoms with E-state index in [0.29, 0.717) is 0 Å². The van der Waals surface area contributed by atoms with E-state index >= 15 is 0 Å². The second-order valence-electron chi connectivity index (χ2n) is 5.83. The molecule has 0 aliphatic heterocycles. The van der Waals surface area contributed by atoms with Crippen LogP contribution in [-0.2, 0) is 12.8 Å². The molecule has 0 unspecified atom stereocenters. The Morgan fingerprint density at radius 2 is 1.82 bits per heavy atom. The van der Waals surface area contributed by atoms with E-state index in [-0.39, 0.29) is 0 Å². The number of nitrogen functional groups attached to an aromatic ring is 1. The van der Waals surface area contributed by atoms with Crippen molar-refractivity contribution in [2.75, 3.05) is 5.73 Å². The number of aryl methyl sites for hydroxylation is 2. The fourth-order valence-electron chi connectivity index (χ4n) is 3.08. The highest BCUT2D eigenvalue weighted by molar-refractivity contribution is 5.61. The first-order valence-electron chi connectivity index (χ1n) is 7.70. The van der Waals surface area contributed by atoms with Gasteiger partial charge in [0.15, 0.2) is 0 Å². The molecule has 2 N–H and O–H groups in total. The fourth-order valence-corrected chi connectivity index (χ4v) is 3.08. The molecule has 4 nitrogen and oxygen atoms in total. The van der Waals surface area contributed by atoms with Gasteiger partial charge < -0.3 is 5.73 Å². The summed E-state index contributed by atoms with van der Waals surface area (Å²) < 4.78 is 1.77. The lowest BCUT2D eigenvalue weighted by Gasteiger charge is -2.15. The van der Waals surface area contributed by atoms with Crippen molar-refractivity contribution in [3.05, 3.63) is 59.8 Å². The number of anilines is 1. The predicted octanol–water partition coefficient (Wildman–Crippen LogP) is 3.40. The first-order chi connectivity index (χ1) is 10.8. The number of fused-ring (bicyclic) bond motifs is 1. The number of benzene rings is 2. The Hall–Kier alpha value is -2.62. The van der Waals surface area contributed by atoms with Crippen LogP contribution in [0.4, 0.5) is 5.69 Å². The van der Waals surface area contributed by atoms with Gasteiger partial charge in [0.25, 0.3) is 0 Å². The average molecular weight is 290 g/mol. The van der Waals surface area contributed by atoms with Gasteiger partial charge in [-0.25, -0.2) is 4.68 Å². The van der Waals surface area contributed by atoms with Crippen LogP contribution in [0.2, 0.25) is 0 Å². The molecule has 0 spiro atoms. The molecule has 1 aromatic heterocycles. The van der Waals surface area contributed by atoms with E-state index in [1.807, 2.05) is 30.5 Å². The molecule has 0 saturated heterocycles. The zero-order chi connectivity index (χ0) is 14.9. The largest absolute Gasteiger partial charge is 0.399 e. The predicted molar refractivity (Wildman–Crippen MR) is 87.8 cm³/mol. The van der Waals surface area contributed by atoms with Gasteiger partial charge in [-0.2, -0.15) is 0 Å². The monoisotopic (exact) mass is 290 g/mol. The van der Waals surface area contributed by atoms with Gasteiger partial charge in [-0.1, -0.05) is 23.4 Å². The van der Waals surface area contributed by atoms with Crippen molar-refractivity contribution in [2.45, 2.75) is 25.7 Å². The van der Waals surface area contributed by atoms with Gasteiger partial charge in [0.1, 0.15) is 5.69 Å². The number of aromatic nitrogens is 3. The van der Waals surface area contributed by atoms with Crippen LogP contribution >= 0.6 is 0 Å². The van der Waals surface area contributed by atoms with Gasteiger partial charge in [0.05, 0.1) is 11.9 Å². The average Bonchev–Trinajstić information content (AvgIpc) is 3.04. The van der Waals surface area contributed by atoms with E-state index in [1.54, 1.807) is 4.68 Å². The summed E-state index contributed by atoms with van der Waals surface area (Å²) in [6.07, 6.45) is 6.92. The Morgan fingerprint density at radius 3 is 2.68 bits per heavy atom. The number of hydrogen-bond acceptors (Lipinski definition) is 3. The molecule has 0 bridgehead atoms. The SMILES string of the molecule is Nc1cccc(-n2cc(-c3ccc4c(c3)CCCC4)nn2)c1. The van der Waals surface area contributed by atoms with Crippen LogP contribution in [0.15, 0.2) is 48.7 Å². The van der Waals surface area contributed by atoms with Crippen molar-refractivity contribution in [1.82, 2.24) is 15.0 Å². The van der Waals surface area contributed by atoms with Gasteiger partial charge >= 0.3 is 0 Å². The number of rotatable bonds is 2. The van der Waals surface area contributed by atoms with E-state index < -0.39 is 0 Å². The zero-order valence-electron chi connectivity index (χ0n) is 12.4. The van der Waals surface area contributed by atoms with Gasteiger partial charge in [0.2, 0.25) is 0 Å². The molecule has 110 valence electrons. The minimum Gasteiger partial charge on any atom is -0.399 e. The van der Waals surface area contributed by atoms with E-state index in [2.05, 4.69) is 28.5 Å². The summed E-state index contributed by atoms with van der Waals surface area (Å²) in [5, 5.41) is 8.54. The van der Waals surface area contributed by atoms with Crippen molar-refractivity contribution in [1.29, 1.82) is 0 Å². The van der Waals surface area contributed by atoms with E-state index in [1.165, 1.54) is 36.8 Å². The van der Waals surface area contributed by atoms with Crippen LogP contribution in [0.3, 0.4) is 0 Å². The number of nitrogens with zero attached hydrogens (tertiary/aromatic N) is 3. The molecule has 2 aromatic carbocycles. The summed E-state index contributed by atoms with van der Waals surface area (Å²) >= 11 is 0. The number of nitrogens with two attached hydrogens (primary N) is 1. The van der Waals surface area contributed by atoms with Crippen LogP contribution < -0.4 is 5.73 Å². The molecule has 1 aliphatic carbocycles. The lowest BCUT2D eigenvalue weighted by Crippen LogP contribution is -2.02. The van der Waals surface area contributed by atoms with Gasteiger partial charge in [-0.3, -0.25) is 0 Å². The maximum atomic E-state index is 5.83. The molecular formula is C18H18N4. The maximum Gasteiger partial charge on any atom is 0.113 e.